The summed E-state index contributed by atoms with van der Waals surface area (Å²) in [4.78, 5) is 10.9. The van der Waals surface area contributed by atoms with E-state index in [1.165, 1.54) is 70.6 Å². The molecule has 0 rings (SSSR count). The van der Waals surface area contributed by atoms with E-state index < -0.39 is 0 Å². The number of ketones is 1. The second-order valence-electron chi connectivity index (χ2n) is 5.60. The first-order chi connectivity index (χ1) is 9.31. The molecule has 2 heteroatoms. The van der Waals surface area contributed by atoms with Crippen molar-refractivity contribution in [1.29, 1.82) is 5.41 Å². The number of carbonyl (C=O) groups is 1. The minimum absolute atomic E-state index is 0.0249. The molecule has 0 radical (unpaired) electrons. The van der Waals surface area contributed by atoms with Crippen LogP contribution in [0.3, 0.4) is 0 Å². The molecule has 0 heterocycles. The third kappa shape index (κ3) is 15.3. The van der Waals surface area contributed by atoms with Crippen LogP contribution in [0.4, 0.5) is 0 Å². The van der Waals surface area contributed by atoms with Crippen LogP contribution < -0.4 is 0 Å². The lowest BCUT2D eigenvalue weighted by Gasteiger charge is -2.02. The summed E-state index contributed by atoms with van der Waals surface area (Å²) in [6, 6.07) is 0. The SMILES string of the molecule is CCCCCCCCCCCCCCCC(=O)C=N. The molecule has 0 amide bonds. The summed E-state index contributed by atoms with van der Waals surface area (Å²) >= 11 is 0. The first-order valence-electron chi connectivity index (χ1n) is 8.34. The predicted octanol–water partition coefficient (Wildman–Crippen LogP) is 5.69. The summed E-state index contributed by atoms with van der Waals surface area (Å²) in [5.41, 5.74) is 0. The van der Waals surface area contributed by atoms with Gasteiger partial charge in [0.05, 0.1) is 6.21 Å². The second-order valence-corrected chi connectivity index (χ2v) is 5.60. The van der Waals surface area contributed by atoms with Crippen LogP contribution in [-0.2, 0) is 4.79 Å². The fourth-order valence-corrected chi connectivity index (χ4v) is 2.39. The van der Waals surface area contributed by atoms with Gasteiger partial charge in [-0.3, -0.25) is 4.79 Å². The first kappa shape index (κ1) is 18.3. The predicted molar refractivity (Wildman–Crippen MR) is 84.1 cm³/mol. The van der Waals surface area contributed by atoms with Gasteiger partial charge in [0.25, 0.3) is 0 Å². The van der Waals surface area contributed by atoms with Crippen molar-refractivity contribution in [2.75, 3.05) is 0 Å². The minimum Gasteiger partial charge on any atom is -0.305 e. The summed E-state index contributed by atoms with van der Waals surface area (Å²) in [6.45, 7) is 2.26. The van der Waals surface area contributed by atoms with Crippen LogP contribution in [-0.4, -0.2) is 12.0 Å². The molecule has 0 aliphatic rings. The van der Waals surface area contributed by atoms with Crippen molar-refractivity contribution in [1.82, 2.24) is 0 Å². The van der Waals surface area contributed by atoms with E-state index in [1.54, 1.807) is 0 Å². The average Bonchev–Trinajstić information content (AvgIpc) is 2.43. The minimum atomic E-state index is -0.0249. The number of rotatable bonds is 15. The van der Waals surface area contributed by atoms with Gasteiger partial charge in [-0.25, -0.2) is 0 Å². The maximum absolute atomic E-state index is 10.9. The molecule has 0 fully saturated rings. The maximum atomic E-state index is 10.9. The highest BCUT2D eigenvalue weighted by Crippen LogP contribution is 2.12. The van der Waals surface area contributed by atoms with E-state index in [9.17, 15) is 4.79 Å². The number of nitrogens with one attached hydrogen (secondary N) is 1. The molecule has 0 saturated carbocycles. The highest BCUT2D eigenvalue weighted by molar-refractivity contribution is 6.26. The largest absolute Gasteiger partial charge is 0.305 e. The summed E-state index contributed by atoms with van der Waals surface area (Å²) in [5.74, 6) is -0.0249. The molecular weight excluding hydrogens is 234 g/mol. The van der Waals surface area contributed by atoms with Gasteiger partial charge in [-0.2, -0.15) is 0 Å². The lowest BCUT2D eigenvalue weighted by molar-refractivity contribution is -0.112. The zero-order chi connectivity index (χ0) is 14.2. The van der Waals surface area contributed by atoms with E-state index in [0.717, 1.165) is 19.1 Å². The van der Waals surface area contributed by atoms with E-state index in [4.69, 9.17) is 5.41 Å². The standard InChI is InChI=1S/C17H33NO/c1-2-3-4-5-6-7-8-9-10-11-12-13-14-15-17(19)16-18/h16,18H,2-15H2,1H3. The monoisotopic (exact) mass is 267 g/mol. The Bertz CT molecular complexity index is 213. The normalized spacial score (nSPS) is 10.6. The van der Waals surface area contributed by atoms with Crippen LogP contribution in [0.15, 0.2) is 0 Å². The van der Waals surface area contributed by atoms with Crippen molar-refractivity contribution in [3.63, 3.8) is 0 Å². The summed E-state index contributed by atoms with van der Waals surface area (Å²) in [5, 5.41) is 6.80. The van der Waals surface area contributed by atoms with Gasteiger partial charge < -0.3 is 5.41 Å². The van der Waals surface area contributed by atoms with E-state index in [-0.39, 0.29) is 5.78 Å². The van der Waals surface area contributed by atoms with Crippen molar-refractivity contribution >= 4 is 12.0 Å². The molecular formula is C17H33NO. The van der Waals surface area contributed by atoms with Crippen molar-refractivity contribution in [2.24, 2.45) is 0 Å². The molecule has 0 aliphatic carbocycles. The van der Waals surface area contributed by atoms with Gasteiger partial charge in [-0.05, 0) is 6.42 Å². The number of Topliss-reactive ketones (excluding diaryl/α,β-unsaturated/α-hetero) is 1. The van der Waals surface area contributed by atoms with E-state index in [0.29, 0.717) is 6.42 Å². The van der Waals surface area contributed by atoms with Crippen molar-refractivity contribution in [3.8, 4) is 0 Å². The third-order valence-corrected chi connectivity index (χ3v) is 3.69. The van der Waals surface area contributed by atoms with Crippen LogP contribution in [0.5, 0.6) is 0 Å². The van der Waals surface area contributed by atoms with Gasteiger partial charge in [0.2, 0.25) is 0 Å². The summed E-state index contributed by atoms with van der Waals surface area (Å²) in [6.07, 6.45) is 18.8. The Morgan fingerprint density at radius 1 is 0.737 bits per heavy atom. The van der Waals surface area contributed by atoms with Crippen molar-refractivity contribution in [3.05, 3.63) is 0 Å². The van der Waals surface area contributed by atoms with E-state index in [1.807, 2.05) is 0 Å². The Morgan fingerprint density at radius 2 is 1.11 bits per heavy atom. The van der Waals surface area contributed by atoms with Crippen LogP contribution in [0, 0.1) is 5.41 Å². The van der Waals surface area contributed by atoms with Crippen LogP contribution in [0.2, 0.25) is 0 Å². The molecule has 2 nitrogen and oxygen atoms in total. The lowest BCUT2D eigenvalue weighted by atomic mass is 10.0. The molecule has 0 saturated heterocycles. The smallest absolute Gasteiger partial charge is 0.173 e. The topological polar surface area (TPSA) is 40.9 Å². The Hall–Kier alpha value is -0.660. The maximum Gasteiger partial charge on any atom is 0.173 e. The van der Waals surface area contributed by atoms with Gasteiger partial charge in [0, 0.05) is 6.42 Å². The fourth-order valence-electron chi connectivity index (χ4n) is 2.39. The molecule has 0 aliphatic heterocycles. The number of carbonyl (C=O) groups excluding carboxylic acids is 1. The van der Waals surface area contributed by atoms with Gasteiger partial charge >= 0.3 is 0 Å². The first-order valence-corrected chi connectivity index (χ1v) is 8.34. The molecule has 19 heavy (non-hydrogen) atoms. The van der Waals surface area contributed by atoms with Gasteiger partial charge in [0.1, 0.15) is 0 Å². The molecule has 1 N–H and O–H groups in total. The highest BCUT2D eigenvalue weighted by Gasteiger charge is 1.97. The zero-order valence-corrected chi connectivity index (χ0v) is 12.9. The lowest BCUT2D eigenvalue weighted by Crippen LogP contribution is -1.96. The van der Waals surface area contributed by atoms with Gasteiger partial charge in [0.15, 0.2) is 5.78 Å². The summed E-state index contributed by atoms with van der Waals surface area (Å²) < 4.78 is 0. The fraction of sp³-hybridized carbons (Fsp3) is 0.882. The number of hydrogen-bond acceptors (Lipinski definition) is 2. The molecule has 0 aromatic heterocycles. The Balaban J connectivity index is 2.99. The zero-order valence-electron chi connectivity index (χ0n) is 12.9. The molecule has 0 atom stereocenters. The van der Waals surface area contributed by atoms with Crippen LogP contribution in [0.25, 0.3) is 0 Å². The molecule has 0 spiro atoms. The molecule has 0 aromatic carbocycles. The second kappa shape index (κ2) is 15.4. The Kier molecular flexibility index (Phi) is 14.9. The Labute approximate surface area is 119 Å². The van der Waals surface area contributed by atoms with E-state index in [2.05, 4.69) is 6.92 Å². The molecule has 0 aromatic rings. The average molecular weight is 267 g/mol. The number of unbranched alkanes of at least 4 members (excludes halogenated alkanes) is 12. The van der Waals surface area contributed by atoms with Gasteiger partial charge in [-0.1, -0.05) is 84.0 Å². The molecule has 0 bridgehead atoms. The van der Waals surface area contributed by atoms with Crippen molar-refractivity contribution < 1.29 is 4.79 Å². The number of hydrogen-bond donors (Lipinski definition) is 1. The van der Waals surface area contributed by atoms with Gasteiger partial charge in [-0.15, -0.1) is 0 Å². The molecule has 112 valence electrons. The Morgan fingerprint density at radius 3 is 1.47 bits per heavy atom. The quantitative estimate of drug-likeness (QED) is 0.301. The third-order valence-electron chi connectivity index (χ3n) is 3.69. The van der Waals surface area contributed by atoms with E-state index >= 15 is 0 Å². The summed E-state index contributed by atoms with van der Waals surface area (Å²) in [7, 11) is 0. The van der Waals surface area contributed by atoms with Crippen LogP contribution in [0.1, 0.15) is 96.8 Å². The highest BCUT2D eigenvalue weighted by atomic mass is 16.1. The molecule has 0 unspecified atom stereocenters. The van der Waals surface area contributed by atoms with Crippen LogP contribution >= 0.6 is 0 Å². The van der Waals surface area contributed by atoms with Crippen molar-refractivity contribution in [2.45, 2.75) is 96.8 Å².